The maximum atomic E-state index is 12.1. The van der Waals surface area contributed by atoms with Gasteiger partial charge in [0.05, 0.1) is 18.0 Å². The van der Waals surface area contributed by atoms with Crippen molar-refractivity contribution in [3.8, 4) is 0 Å². The molecule has 0 spiro atoms. The number of amides is 2. The number of carbonyl (C=O) groups excluding carboxylic acids is 1. The van der Waals surface area contributed by atoms with Crippen LogP contribution in [0.5, 0.6) is 0 Å². The molecule has 5 nitrogen and oxygen atoms in total. The van der Waals surface area contributed by atoms with E-state index < -0.39 is 0 Å². The lowest BCUT2D eigenvalue weighted by Crippen LogP contribution is -2.40. The van der Waals surface area contributed by atoms with E-state index in [1.807, 2.05) is 0 Å². The standard InChI is InChI=1S/C14H20ClN3O2/c1-18(9-10-4-2-3-5-12(10)19)14(20)17-11-6-7-13(15)16-8-11/h6-8,10,12,19H,2-5,9H2,1H3,(H,17,20). The van der Waals surface area contributed by atoms with E-state index in [1.165, 1.54) is 6.20 Å². The molecule has 0 radical (unpaired) electrons. The predicted molar refractivity (Wildman–Crippen MR) is 78.9 cm³/mol. The number of hydrogen-bond donors (Lipinski definition) is 2. The molecule has 20 heavy (non-hydrogen) atoms. The van der Waals surface area contributed by atoms with Crippen LogP contribution in [0, 0.1) is 5.92 Å². The average molecular weight is 298 g/mol. The van der Waals surface area contributed by atoms with Gasteiger partial charge >= 0.3 is 6.03 Å². The molecule has 2 atom stereocenters. The summed E-state index contributed by atoms with van der Waals surface area (Å²) < 4.78 is 0. The SMILES string of the molecule is CN(CC1CCCCC1O)C(=O)Nc1ccc(Cl)nc1. The van der Waals surface area contributed by atoms with Crippen molar-refractivity contribution in [2.75, 3.05) is 18.9 Å². The highest BCUT2D eigenvalue weighted by molar-refractivity contribution is 6.29. The fourth-order valence-corrected chi connectivity index (χ4v) is 2.62. The molecular formula is C14H20ClN3O2. The predicted octanol–water partition coefficient (Wildman–Crippen LogP) is 2.75. The summed E-state index contributed by atoms with van der Waals surface area (Å²) in [5.41, 5.74) is 0.607. The van der Waals surface area contributed by atoms with Gasteiger partial charge in [-0.3, -0.25) is 0 Å². The van der Waals surface area contributed by atoms with Crippen LogP contribution in [-0.4, -0.2) is 40.7 Å². The Labute approximate surface area is 123 Å². The maximum Gasteiger partial charge on any atom is 0.321 e. The third kappa shape index (κ3) is 4.08. The van der Waals surface area contributed by atoms with E-state index in [4.69, 9.17) is 11.6 Å². The summed E-state index contributed by atoms with van der Waals surface area (Å²) in [4.78, 5) is 17.6. The van der Waals surface area contributed by atoms with Gasteiger partial charge in [-0.25, -0.2) is 9.78 Å². The summed E-state index contributed by atoms with van der Waals surface area (Å²) in [5.74, 6) is 0.169. The van der Waals surface area contributed by atoms with Crippen molar-refractivity contribution in [3.05, 3.63) is 23.5 Å². The lowest BCUT2D eigenvalue weighted by atomic mass is 9.86. The second-order valence-electron chi connectivity index (χ2n) is 5.29. The first kappa shape index (κ1) is 15.1. The minimum Gasteiger partial charge on any atom is -0.393 e. The van der Waals surface area contributed by atoms with E-state index in [9.17, 15) is 9.90 Å². The number of urea groups is 1. The Kier molecular flexibility index (Phi) is 5.20. The van der Waals surface area contributed by atoms with Gasteiger partial charge in [-0.05, 0) is 25.0 Å². The van der Waals surface area contributed by atoms with Crippen molar-refractivity contribution in [3.63, 3.8) is 0 Å². The Hall–Kier alpha value is -1.33. The molecule has 0 saturated heterocycles. The van der Waals surface area contributed by atoms with Gasteiger partial charge in [-0.15, -0.1) is 0 Å². The van der Waals surface area contributed by atoms with Crippen LogP contribution in [0.15, 0.2) is 18.3 Å². The van der Waals surface area contributed by atoms with Crippen LogP contribution in [0.2, 0.25) is 5.15 Å². The van der Waals surface area contributed by atoms with Crippen LogP contribution < -0.4 is 5.32 Å². The van der Waals surface area contributed by atoms with Crippen molar-refractivity contribution >= 4 is 23.3 Å². The van der Waals surface area contributed by atoms with Gasteiger partial charge in [-0.2, -0.15) is 0 Å². The molecule has 2 amide bonds. The van der Waals surface area contributed by atoms with Crippen molar-refractivity contribution < 1.29 is 9.90 Å². The molecule has 1 aromatic rings. The molecule has 2 rings (SSSR count). The molecule has 1 heterocycles. The number of anilines is 1. The molecule has 1 aliphatic carbocycles. The quantitative estimate of drug-likeness (QED) is 0.843. The third-order valence-electron chi connectivity index (χ3n) is 3.70. The number of nitrogens with zero attached hydrogens (tertiary/aromatic N) is 2. The van der Waals surface area contributed by atoms with E-state index in [-0.39, 0.29) is 18.1 Å². The number of rotatable bonds is 3. The van der Waals surface area contributed by atoms with Crippen LogP contribution in [-0.2, 0) is 0 Å². The summed E-state index contributed by atoms with van der Waals surface area (Å²) in [5, 5.41) is 13.1. The highest BCUT2D eigenvalue weighted by Crippen LogP contribution is 2.25. The van der Waals surface area contributed by atoms with E-state index >= 15 is 0 Å². The number of aliphatic hydroxyl groups is 1. The van der Waals surface area contributed by atoms with Crippen molar-refractivity contribution in [1.82, 2.24) is 9.88 Å². The zero-order chi connectivity index (χ0) is 14.5. The number of aliphatic hydroxyl groups excluding tert-OH is 1. The normalized spacial score (nSPS) is 22.4. The largest absolute Gasteiger partial charge is 0.393 e. The van der Waals surface area contributed by atoms with Gasteiger partial charge in [0.2, 0.25) is 0 Å². The molecule has 6 heteroatoms. The van der Waals surface area contributed by atoms with Crippen LogP contribution in [0.1, 0.15) is 25.7 Å². The van der Waals surface area contributed by atoms with Gasteiger partial charge < -0.3 is 15.3 Å². The minimum atomic E-state index is -0.295. The van der Waals surface area contributed by atoms with Crippen LogP contribution >= 0.6 is 11.6 Å². The van der Waals surface area contributed by atoms with E-state index in [0.29, 0.717) is 17.4 Å². The van der Waals surface area contributed by atoms with Crippen LogP contribution in [0.4, 0.5) is 10.5 Å². The lowest BCUT2D eigenvalue weighted by molar-refractivity contribution is 0.0575. The van der Waals surface area contributed by atoms with E-state index in [1.54, 1.807) is 24.1 Å². The Balaban J connectivity index is 1.86. The summed E-state index contributed by atoms with van der Waals surface area (Å²) in [6.45, 7) is 0.564. The number of pyridine rings is 1. The maximum absolute atomic E-state index is 12.1. The monoisotopic (exact) mass is 297 g/mol. The Morgan fingerprint density at radius 2 is 2.25 bits per heavy atom. The van der Waals surface area contributed by atoms with Gasteiger partial charge in [0.1, 0.15) is 5.15 Å². The van der Waals surface area contributed by atoms with Crippen molar-refractivity contribution in [2.45, 2.75) is 31.8 Å². The summed E-state index contributed by atoms with van der Waals surface area (Å²) >= 11 is 5.69. The number of nitrogens with one attached hydrogen (secondary N) is 1. The Morgan fingerprint density at radius 3 is 2.90 bits per heavy atom. The summed E-state index contributed by atoms with van der Waals surface area (Å²) in [6, 6.07) is 3.13. The molecule has 0 aromatic carbocycles. The molecule has 110 valence electrons. The Morgan fingerprint density at radius 1 is 1.50 bits per heavy atom. The van der Waals surface area contributed by atoms with Crippen LogP contribution in [0.25, 0.3) is 0 Å². The molecule has 2 N–H and O–H groups in total. The van der Waals surface area contributed by atoms with E-state index in [0.717, 1.165) is 25.7 Å². The van der Waals surface area contributed by atoms with Crippen molar-refractivity contribution in [2.24, 2.45) is 5.92 Å². The molecule has 1 fully saturated rings. The smallest absolute Gasteiger partial charge is 0.321 e. The summed E-state index contributed by atoms with van der Waals surface area (Å²) in [7, 11) is 1.74. The summed E-state index contributed by atoms with van der Waals surface area (Å²) in [6.07, 6.45) is 5.23. The van der Waals surface area contributed by atoms with Gasteiger partial charge in [0, 0.05) is 19.5 Å². The first-order valence-electron chi connectivity index (χ1n) is 6.88. The molecular weight excluding hydrogens is 278 g/mol. The molecule has 0 aliphatic heterocycles. The second-order valence-corrected chi connectivity index (χ2v) is 5.68. The molecule has 0 bridgehead atoms. The highest BCUT2D eigenvalue weighted by atomic mass is 35.5. The molecule has 2 unspecified atom stereocenters. The zero-order valence-electron chi connectivity index (χ0n) is 11.6. The third-order valence-corrected chi connectivity index (χ3v) is 3.93. The first-order chi connectivity index (χ1) is 9.56. The molecule has 1 saturated carbocycles. The Bertz CT molecular complexity index is 452. The fourth-order valence-electron chi connectivity index (χ4n) is 2.50. The van der Waals surface area contributed by atoms with Crippen LogP contribution in [0.3, 0.4) is 0 Å². The zero-order valence-corrected chi connectivity index (χ0v) is 12.3. The first-order valence-corrected chi connectivity index (χ1v) is 7.26. The van der Waals surface area contributed by atoms with E-state index in [2.05, 4.69) is 10.3 Å². The van der Waals surface area contributed by atoms with Crippen molar-refractivity contribution in [1.29, 1.82) is 0 Å². The second kappa shape index (κ2) is 6.90. The van der Waals surface area contributed by atoms with Gasteiger partial charge in [-0.1, -0.05) is 24.4 Å². The number of aromatic nitrogens is 1. The average Bonchev–Trinajstić information content (AvgIpc) is 2.44. The van der Waals surface area contributed by atoms with Gasteiger partial charge in [0.15, 0.2) is 0 Å². The topological polar surface area (TPSA) is 65.5 Å². The molecule has 1 aliphatic rings. The lowest BCUT2D eigenvalue weighted by Gasteiger charge is -2.31. The number of halogens is 1. The molecule has 1 aromatic heterocycles. The minimum absolute atomic E-state index is 0.169. The van der Waals surface area contributed by atoms with Gasteiger partial charge in [0.25, 0.3) is 0 Å². The fraction of sp³-hybridized carbons (Fsp3) is 0.571. The number of carbonyl (C=O) groups is 1. The number of hydrogen-bond acceptors (Lipinski definition) is 3. The highest BCUT2D eigenvalue weighted by Gasteiger charge is 2.25.